The van der Waals surface area contributed by atoms with Crippen LogP contribution in [0.1, 0.15) is 16.5 Å². The van der Waals surface area contributed by atoms with E-state index in [2.05, 4.69) is 23.7 Å². The van der Waals surface area contributed by atoms with Gasteiger partial charge >= 0.3 is 0 Å². The predicted octanol–water partition coefficient (Wildman–Crippen LogP) is 2.56. The summed E-state index contributed by atoms with van der Waals surface area (Å²) in [5.74, 6) is 0.637. The van der Waals surface area contributed by atoms with E-state index in [4.69, 9.17) is 11.6 Å². The maximum Gasteiger partial charge on any atom is 0.0552 e. The monoisotopic (exact) mass is 189 g/mol. The molecule has 1 atom stereocenters. The third-order valence-electron chi connectivity index (χ3n) is 1.72. The molecular weight excluding hydrogens is 178 g/mol. The molecule has 0 fully saturated rings. The fourth-order valence-corrected chi connectivity index (χ4v) is 2.46. The number of halogens is 1. The molecule has 11 heavy (non-hydrogen) atoms. The average molecular weight is 190 g/mol. The highest BCUT2D eigenvalue weighted by atomic mass is 35.5. The topological polar surface area (TPSA) is 12.0 Å². The maximum atomic E-state index is 5.78. The molecule has 1 rings (SSSR count). The fourth-order valence-electron chi connectivity index (χ4n) is 1.02. The van der Waals surface area contributed by atoms with Crippen molar-refractivity contribution in [3.05, 3.63) is 21.9 Å². The number of rotatable bonds is 3. The Balaban J connectivity index is 2.81. The van der Waals surface area contributed by atoms with Crippen molar-refractivity contribution in [2.75, 3.05) is 12.9 Å². The van der Waals surface area contributed by atoms with Gasteiger partial charge in [0.25, 0.3) is 0 Å². The normalized spacial score (nSPS) is 13.4. The predicted molar refractivity (Wildman–Crippen MR) is 51.6 cm³/mol. The van der Waals surface area contributed by atoms with Gasteiger partial charge in [0.2, 0.25) is 0 Å². The molecule has 62 valence electrons. The van der Waals surface area contributed by atoms with E-state index in [1.165, 1.54) is 10.4 Å². The molecule has 3 heteroatoms. The second-order valence-corrected chi connectivity index (χ2v) is 3.72. The lowest BCUT2D eigenvalue weighted by Gasteiger charge is -2.11. The molecule has 1 aromatic heterocycles. The molecule has 0 spiro atoms. The van der Waals surface area contributed by atoms with Gasteiger partial charge in [-0.15, -0.1) is 22.9 Å². The molecule has 0 radical (unpaired) electrons. The summed E-state index contributed by atoms with van der Waals surface area (Å²) in [5.41, 5.74) is 1.33. The van der Waals surface area contributed by atoms with E-state index in [0.29, 0.717) is 11.9 Å². The molecule has 0 amide bonds. The summed E-state index contributed by atoms with van der Waals surface area (Å²) in [5, 5.41) is 5.27. The number of alkyl halides is 1. The molecule has 1 nitrogen and oxygen atoms in total. The van der Waals surface area contributed by atoms with E-state index in [9.17, 15) is 0 Å². The van der Waals surface area contributed by atoms with Crippen molar-refractivity contribution < 1.29 is 0 Å². The van der Waals surface area contributed by atoms with Crippen molar-refractivity contribution in [3.8, 4) is 0 Å². The van der Waals surface area contributed by atoms with Gasteiger partial charge in [-0.1, -0.05) is 0 Å². The first-order valence-electron chi connectivity index (χ1n) is 3.56. The molecule has 0 bridgehead atoms. The molecule has 1 heterocycles. The van der Waals surface area contributed by atoms with E-state index in [1.54, 1.807) is 11.3 Å². The summed E-state index contributed by atoms with van der Waals surface area (Å²) in [7, 11) is 1.94. The molecule has 1 aromatic rings. The van der Waals surface area contributed by atoms with Crippen molar-refractivity contribution in [2.45, 2.75) is 13.0 Å². The van der Waals surface area contributed by atoms with Crippen LogP contribution in [0.25, 0.3) is 0 Å². The van der Waals surface area contributed by atoms with Gasteiger partial charge in [0.15, 0.2) is 0 Å². The summed E-state index contributed by atoms with van der Waals surface area (Å²) >= 11 is 7.54. The van der Waals surface area contributed by atoms with Crippen LogP contribution in [0.3, 0.4) is 0 Å². The number of hydrogen-bond acceptors (Lipinski definition) is 2. The lowest BCUT2D eigenvalue weighted by Crippen LogP contribution is -2.17. The molecule has 0 aromatic carbocycles. The van der Waals surface area contributed by atoms with E-state index in [0.717, 1.165) is 0 Å². The van der Waals surface area contributed by atoms with Crippen LogP contribution in [0.4, 0.5) is 0 Å². The minimum atomic E-state index is 0.316. The van der Waals surface area contributed by atoms with Gasteiger partial charge in [-0.05, 0) is 31.0 Å². The molecule has 0 saturated carbocycles. The van der Waals surface area contributed by atoms with Crippen LogP contribution in [0, 0.1) is 6.92 Å². The Bertz CT molecular complexity index is 218. The molecule has 0 aliphatic rings. The molecule has 0 saturated heterocycles. The lowest BCUT2D eigenvalue weighted by atomic mass is 10.2. The summed E-state index contributed by atoms with van der Waals surface area (Å²) in [6.45, 7) is 2.11. The second-order valence-electron chi connectivity index (χ2n) is 2.46. The largest absolute Gasteiger partial charge is 0.311 e. The van der Waals surface area contributed by atoms with Gasteiger partial charge in [-0.25, -0.2) is 0 Å². The van der Waals surface area contributed by atoms with E-state index in [1.807, 2.05) is 7.05 Å². The van der Waals surface area contributed by atoms with Crippen molar-refractivity contribution in [2.24, 2.45) is 0 Å². The second kappa shape index (κ2) is 4.10. The summed E-state index contributed by atoms with van der Waals surface area (Å²) in [6.07, 6.45) is 0. The Morgan fingerprint density at radius 3 is 2.82 bits per heavy atom. The van der Waals surface area contributed by atoms with E-state index < -0.39 is 0 Å². The molecule has 0 aliphatic heterocycles. The highest BCUT2D eigenvalue weighted by Crippen LogP contribution is 2.24. The lowest BCUT2D eigenvalue weighted by molar-refractivity contribution is 0.667. The van der Waals surface area contributed by atoms with Crippen molar-refractivity contribution in [3.63, 3.8) is 0 Å². The number of hydrogen-bond donors (Lipinski definition) is 1. The Morgan fingerprint density at radius 2 is 2.45 bits per heavy atom. The Morgan fingerprint density at radius 1 is 1.73 bits per heavy atom. The van der Waals surface area contributed by atoms with Crippen molar-refractivity contribution in [1.29, 1.82) is 0 Å². The third kappa shape index (κ3) is 1.95. The zero-order valence-electron chi connectivity index (χ0n) is 6.73. The Labute approximate surface area is 76.4 Å². The first-order valence-corrected chi connectivity index (χ1v) is 4.98. The van der Waals surface area contributed by atoms with Gasteiger partial charge in [-0.2, -0.15) is 0 Å². The first kappa shape index (κ1) is 9.04. The van der Waals surface area contributed by atoms with Gasteiger partial charge in [-0.3, -0.25) is 0 Å². The van der Waals surface area contributed by atoms with Gasteiger partial charge in [0.1, 0.15) is 0 Å². The minimum absolute atomic E-state index is 0.316. The van der Waals surface area contributed by atoms with Gasteiger partial charge in [0.05, 0.1) is 6.04 Å². The third-order valence-corrected chi connectivity index (χ3v) is 3.16. The number of nitrogens with one attached hydrogen (secondary N) is 1. The van der Waals surface area contributed by atoms with Crippen LogP contribution in [0.15, 0.2) is 11.4 Å². The van der Waals surface area contributed by atoms with Gasteiger partial charge < -0.3 is 5.32 Å². The van der Waals surface area contributed by atoms with Crippen LogP contribution < -0.4 is 5.32 Å². The summed E-state index contributed by atoms with van der Waals surface area (Å²) in [6, 6.07) is 2.44. The van der Waals surface area contributed by atoms with Crippen LogP contribution >= 0.6 is 22.9 Å². The van der Waals surface area contributed by atoms with E-state index in [-0.39, 0.29) is 0 Å². The van der Waals surface area contributed by atoms with Crippen LogP contribution in [0.5, 0.6) is 0 Å². The van der Waals surface area contributed by atoms with Crippen molar-refractivity contribution in [1.82, 2.24) is 5.32 Å². The number of aryl methyl sites for hydroxylation is 1. The maximum absolute atomic E-state index is 5.78. The summed E-state index contributed by atoms with van der Waals surface area (Å²) in [4.78, 5) is 1.35. The Hall–Kier alpha value is -0.0500. The average Bonchev–Trinajstić information content (AvgIpc) is 2.40. The molecule has 1 N–H and O–H groups in total. The quantitative estimate of drug-likeness (QED) is 0.721. The standard InChI is InChI=1S/C8H12ClNS/c1-6-3-4-11-8(6)7(5-9)10-2/h3-4,7,10H,5H2,1-2H3. The highest BCUT2D eigenvalue weighted by molar-refractivity contribution is 7.10. The smallest absolute Gasteiger partial charge is 0.0552 e. The highest BCUT2D eigenvalue weighted by Gasteiger charge is 2.10. The fraction of sp³-hybridized carbons (Fsp3) is 0.500. The zero-order chi connectivity index (χ0) is 8.27. The molecule has 0 aliphatic carbocycles. The first-order chi connectivity index (χ1) is 5.29. The molecular formula is C8H12ClNS. The minimum Gasteiger partial charge on any atom is -0.311 e. The van der Waals surface area contributed by atoms with Crippen LogP contribution in [-0.4, -0.2) is 12.9 Å². The van der Waals surface area contributed by atoms with Gasteiger partial charge in [0, 0.05) is 10.8 Å². The number of thiophene rings is 1. The van der Waals surface area contributed by atoms with Crippen molar-refractivity contribution >= 4 is 22.9 Å². The molecule has 1 unspecified atom stereocenters. The SMILES string of the molecule is CNC(CCl)c1sccc1C. The van der Waals surface area contributed by atoms with Crippen LogP contribution in [0.2, 0.25) is 0 Å². The van der Waals surface area contributed by atoms with Crippen LogP contribution in [-0.2, 0) is 0 Å². The Kier molecular flexibility index (Phi) is 3.37. The zero-order valence-corrected chi connectivity index (χ0v) is 8.30. The summed E-state index contributed by atoms with van der Waals surface area (Å²) < 4.78 is 0. The van der Waals surface area contributed by atoms with E-state index >= 15 is 0 Å².